The third kappa shape index (κ3) is 4.61. The highest BCUT2D eigenvalue weighted by Gasteiger charge is 2.30. The lowest BCUT2D eigenvalue weighted by Crippen LogP contribution is -2.25. The molecule has 0 aromatic rings. The van der Waals surface area contributed by atoms with Crippen molar-refractivity contribution < 1.29 is 4.39 Å². The smallest absolute Gasteiger partial charge is 0.0827 e. The van der Waals surface area contributed by atoms with Gasteiger partial charge in [-0.1, -0.05) is 38.7 Å². The SMILES string of the molecule is CCC[C@H]1CC[C@H](C2CCC(C/C=C/F)CC2)CC1. The van der Waals surface area contributed by atoms with Crippen LogP contribution in [0.15, 0.2) is 12.4 Å². The van der Waals surface area contributed by atoms with Gasteiger partial charge in [0.2, 0.25) is 0 Å². The molecule has 0 amide bonds. The van der Waals surface area contributed by atoms with Crippen LogP contribution in [0, 0.1) is 23.7 Å². The second-order valence-electron chi connectivity index (χ2n) is 6.95. The zero-order valence-corrected chi connectivity index (χ0v) is 12.6. The van der Waals surface area contributed by atoms with E-state index in [1.54, 1.807) is 6.08 Å². The van der Waals surface area contributed by atoms with Crippen molar-refractivity contribution in [2.45, 2.75) is 77.6 Å². The third-order valence-corrected chi connectivity index (χ3v) is 5.70. The fourth-order valence-corrected chi connectivity index (χ4v) is 4.50. The summed E-state index contributed by atoms with van der Waals surface area (Å²) in [5.74, 6) is 3.81. The summed E-state index contributed by atoms with van der Waals surface area (Å²) in [5.41, 5.74) is 0. The molecule has 0 radical (unpaired) electrons. The summed E-state index contributed by atoms with van der Waals surface area (Å²) < 4.78 is 12.0. The van der Waals surface area contributed by atoms with E-state index in [9.17, 15) is 4.39 Å². The Balaban J connectivity index is 1.68. The minimum absolute atomic E-state index is 0.723. The van der Waals surface area contributed by atoms with Gasteiger partial charge in [0, 0.05) is 0 Å². The average Bonchev–Trinajstić information content (AvgIpc) is 2.47. The Hall–Kier alpha value is -0.330. The minimum atomic E-state index is 0.723. The number of allylic oxidation sites excluding steroid dienone is 1. The maximum Gasteiger partial charge on any atom is 0.0827 e. The van der Waals surface area contributed by atoms with Crippen LogP contribution in [0.2, 0.25) is 0 Å². The Morgan fingerprint density at radius 2 is 1.37 bits per heavy atom. The Bertz CT molecular complexity index is 255. The van der Waals surface area contributed by atoms with Crippen LogP contribution in [0.5, 0.6) is 0 Å². The van der Waals surface area contributed by atoms with E-state index < -0.39 is 0 Å². The molecule has 19 heavy (non-hydrogen) atoms. The van der Waals surface area contributed by atoms with Crippen molar-refractivity contribution in [1.82, 2.24) is 0 Å². The van der Waals surface area contributed by atoms with Gasteiger partial charge in [-0.15, -0.1) is 0 Å². The van der Waals surface area contributed by atoms with Gasteiger partial charge in [-0.2, -0.15) is 0 Å². The van der Waals surface area contributed by atoms with Gasteiger partial charge < -0.3 is 0 Å². The van der Waals surface area contributed by atoms with Crippen LogP contribution in [0.25, 0.3) is 0 Å². The molecule has 2 saturated carbocycles. The molecule has 0 unspecified atom stereocenters. The molecule has 2 aliphatic carbocycles. The number of halogens is 1. The maximum absolute atomic E-state index is 12.0. The Morgan fingerprint density at radius 3 is 1.84 bits per heavy atom. The predicted molar refractivity (Wildman–Crippen MR) is 80.7 cm³/mol. The van der Waals surface area contributed by atoms with Crippen LogP contribution in [0.3, 0.4) is 0 Å². The van der Waals surface area contributed by atoms with Crippen LogP contribution in [-0.2, 0) is 0 Å². The molecule has 0 bridgehead atoms. The molecule has 0 heterocycles. The molecule has 0 aliphatic heterocycles. The van der Waals surface area contributed by atoms with Crippen molar-refractivity contribution in [1.29, 1.82) is 0 Å². The first-order valence-corrected chi connectivity index (χ1v) is 8.58. The molecular formula is C18H31F. The highest BCUT2D eigenvalue weighted by Crippen LogP contribution is 2.42. The van der Waals surface area contributed by atoms with Crippen LogP contribution >= 0.6 is 0 Å². The summed E-state index contributed by atoms with van der Waals surface area (Å²) in [7, 11) is 0. The predicted octanol–water partition coefficient (Wildman–Crippen LogP) is 6.27. The average molecular weight is 266 g/mol. The lowest BCUT2D eigenvalue weighted by Gasteiger charge is -2.37. The molecule has 0 nitrogen and oxygen atoms in total. The molecule has 1 heteroatoms. The molecule has 2 aliphatic rings. The van der Waals surface area contributed by atoms with Gasteiger partial charge in [0.05, 0.1) is 6.33 Å². The molecule has 0 N–H and O–H groups in total. The molecule has 0 aromatic heterocycles. The first-order valence-electron chi connectivity index (χ1n) is 8.58. The lowest BCUT2D eigenvalue weighted by molar-refractivity contribution is 0.144. The van der Waals surface area contributed by atoms with Crippen molar-refractivity contribution in [2.24, 2.45) is 23.7 Å². The van der Waals surface area contributed by atoms with E-state index in [0.29, 0.717) is 0 Å². The van der Waals surface area contributed by atoms with Crippen molar-refractivity contribution in [3.63, 3.8) is 0 Å². The summed E-state index contributed by atoms with van der Waals surface area (Å²) in [6, 6.07) is 0. The molecule has 0 aromatic carbocycles. The van der Waals surface area contributed by atoms with E-state index in [4.69, 9.17) is 0 Å². The Kier molecular flexibility index (Phi) is 6.40. The van der Waals surface area contributed by atoms with E-state index in [1.807, 2.05) is 0 Å². The number of rotatable bonds is 5. The summed E-state index contributed by atoms with van der Waals surface area (Å²) in [4.78, 5) is 0. The monoisotopic (exact) mass is 266 g/mol. The van der Waals surface area contributed by atoms with Gasteiger partial charge in [0.25, 0.3) is 0 Å². The Morgan fingerprint density at radius 1 is 0.842 bits per heavy atom. The zero-order valence-electron chi connectivity index (χ0n) is 12.6. The third-order valence-electron chi connectivity index (χ3n) is 5.70. The summed E-state index contributed by atoms with van der Waals surface area (Å²) >= 11 is 0. The molecular weight excluding hydrogens is 235 g/mol. The normalized spacial score (nSPS) is 36.7. The molecule has 0 saturated heterocycles. The quantitative estimate of drug-likeness (QED) is 0.550. The molecule has 2 fully saturated rings. The van der Waals surface area contributed by atoms with Gasteiger partial charge >= 0.3 is 0 Å². The molecule has 0 atom stereocenters. The van der Waals surface area contributed by atoms with E-state index in [0.717, 1.165) is 36.4 Å². The first kappa shape index (κ1) is 15.1. The van der Waals surface area contributed by atoms with Gasteiger partial charge in [0.1, 0.15) is 0 Å². The van der Waals surface area contributed by atoms with Crippen molar-refractivity contribution >= 4 is 0 Å². The minimum Gasteiger partial charge on any atom is -0.216 e. The van der Waals surface area contributed by atoms with Crippen molar-refractivity contribution in [3.8, 4) is 0 Å². The lowest BCUT2D eigenvalue weighted by atomic mass is 9.68. The van der Waals surface area contributed by atoms with Crippen LogP contribution in [-0.4, -0.2) is 0 Å². The summed E-state index contributed by atoms with van der Waals surface area (Å²) in [6.07, 6.45) is 17.7. The van der Waals surface area contributed by atoms with Crippen LogP contribution in [0.4, 0.5) is 4.39 Å². The standard InChI is InChI=1S/C18H31F/c1-2-4-15-6-10-17(11-7-15)18-12-8-16(9-13-18)5-3-14-19/h3,14-18H,2,4-13H2,1H3/b14-3+/t15-,16?,17-,18?. The fourth-order valence-electron chi connectivity index (χ4n) is 4.50. The van der Waals surface area contributed by atoms with Gasteiger partial charge in [-0.3, -0.25) is 0 Å². The van der Waals surface area contributed by atoms with Gasteiger partial charge in [-0.05, 0) is 68.6 Å². The van der Waals surface area contributed by atoms with E-state index in [-0.39, 0.29) is 0 Å². The second kappa shape index (κ2) is 8.07. The van der Waals surface area contributed by atoms with Gasteiger partial charge in [0.15, 0.2) is 0 Å². The van der Waals surface area contributed by atoms with Gasteiger partial charge in [-0.25, -0.2) is 4.39 Å². The van der Waals surface area contributed by atoms with E-state index in [1.165, 1.54) is 64.2 Å². The first-order chi connectivity index (χ1) is 9.33. The van der Waals surface area contributed by atoms with E-state index in [2.05, 4.69) is 6.92 Å². The molecule has 2 rings (SSSR count). The topological polar surface area (TPSA) is 0 Å². The summed E-state index contributed by atoms with van der Waals surface area (Å²) in [5, 5.41) is 0. The maximum atomic E-state index is 12.0. The number of hydrogen-bond acceptors (Lipinski definition) is 0. The summed E-state index contributed by atoms with van der Waals surface area (Å²) in [6.45, 7) is 2.32. The van der Waals surface area contributed by atoms with Crippen molar-refractivity contribution in [3.05, 3.63) is 12.4 Å². The van der Waals surface area contributed by atoms with Crippen molar-refractivity contribution in [2.75, 3.05) is 0 Å². The van der Waals surface area contributed by atoms with E-state index >= 15 is 0 Å². The number of hydrogen-bond donors (Lipinski definition) is 0. The fraction of sp³-hybridized carbons (Fsp3) is 0.889. The van der Waals surface area contributed by atoms with Crippen LogP contribution in [0.1, 0.15) is 77.6 Å². The highest BCUT2D eigenvalue weighted by molar-refractivity contribution is 4.85. The molecule has 110 valence electrons. The van der Waals surface area contributed by atoms with Crippen LogP contribution < -0.4 is 0 Å². The largest absolute Gasteiger partial charge is 0.216 e. The molecule has 0 spiro atoms. The zero-order chi connectivity index (χ0) is 13.5. The Labute approximate surface area is 118 Å². The second-order valence-corrected chi connectivity index (χ2v) is 6.95. The highest BCUT2D eigenvalue weighted by atomic mass is 19.1.